The van der Waals surface area contributed by atoms with Gasteiger partial charge in [0.2, 0.25) is 5.95 Å². The molecule has 0 saturated heterocycles. The monoisotopic (exact) mass is 272 g/mol. The summed E-state index contributed by atoms with van der Waals surface area (Å²) in [6.07, 6.45) is 1.32. The molecule has 1 heterocycles. The lowest BCUT2D eigenvalue weighted by molar-refractivity contribution is 0.0920. The van der Waals surface area contributed by atoms with Gasteiger partial charge < -0.3 is 5.32 Å². The Bertz CT molecular complexity index is 584. The normalized spacial score (nSPS) is 12.2. The first-order chi connectivity index (χ1) is 9.59. The summed E-state index contributed by atoms with van der Waals surface area (Å²) in [6, 6.07) is 12.5. The predicted octanol–water partition coefficient (Wildman–Crippen LogP) is 3.35. The Morgan fingerprint density at radius 2 is 1.85 bits per heavy atom. The number of benzene rings is 1. The zero-order valence-electron chi connectivity index (χ0n) is 11.5. The summed E-state index contributed by atoms with van der Waals surface area (Å²) in [7, 11) is 0. The van der Waals surface area contributed by atoms with Gasteiger partial charge in [-0.3, -0.25) is 4.79 Å². The minimum Gasteiger partial charge on any atom is -0.345 e. The van der Waals surface area contributed by atoms with E-state index in [1.165, 1.54) is 12.3 Å². The Hall–Kier alpha value is -2.23. The Labute approximate surface area is 117 Å². The fourth-order valence-electron chi connectivity index (χ4n) is 2.07. The first-order valence-electron chi connectivity index (χ1n) is 6.56. The Morgan fingerprint density at radius 1 is 1.15 bits per heavy atom. The lowest BCUT2D eigenvalue weighted by Gasteiger charge is -2.23. The molecule has 0 aliphatic heterocycles. The predicted molar refractivity (Wildman–Crippen MR) is 75.7 cm³/mol. The van der Waals surface area contributed by atoms with Crippen molar-refractivity contribution in [2.45, 2.75) is 19.9 Å². The molecule has 1 atom stereocenters. The number of hydrogen-bond acceptors (Lipinski definition) is 2. The van der Waals surface area contributed by atoms with Gasteiger partial charge in [-0.25, -0.2) is 4.98 Å². The van der Waals surface area contributed by atoms with Crippen LogP contribution in [0.15, 0.2) is 48.7 Å². The van der Waals surface area contributed by atoms with Gasteiger partial charge in [-0.2, -0.15) is 4.39 Å². The van der Waals surface area contributed by atoms with Crippen LogP contribution in [-0.2, 0) is 0 Å². The minimum absolute atomic E-state index is 0.0333. The molecule has 0 aliphatic carbocycles. The van der Waals surface area contributed by atoms with E-state index < -0.39 is 11.9 Å². The van der Waals surface area contributed by atoms with Crippen LogP contribution in [0.4, 0.5) is 4.39 Å². The zero-order valence-corrected chi connectivity index (χ0v) is 11.5. The third-order valence-corrected chi connectivity index (χ3v) is 3.12. The zero-order chi connectivity index (χ0) is 14.5. The molecule has 2 aromatic rings. The van der Waals surface area contributed by atoms with Crippen molar-refractivity contribution in [1.29, 1.82) is 0 Å². The van der Waals surface area contributed by atoms with Gasteiger partial charge in [0.25, 0.3) is 5.91 Å². The van der Waals surface area contributed by atoms with Gasteiger partial charge in [-0.15, -0.1) is 0 Å². The quantitative estimate of drug-likeness (QED) is 0.867. The number of hydrogen-bond donors (Lipinski definition) is 1. The largest absolute Gasteiger partial charge is 0.345 e. The maximum atomic E-state index is 13.5. The van der Waals surface area contributed by atoms with Crippen molar-refractivity contribution in [3.63, 3.8) is 0 Å². The number of amides is 1. The fraction of sp³-hybridized carbons (Fsp3) is 0.250. The molecule has 104 valence electrons. The van der Waals surface area contributed by atoms with Gasteiger partial charge in [0.1, 0.15) is 0 Å². The summed E-state index contributed by atoms with van der Waals surface area (Å²) in [5.41, 5.74) is 0.967. The van der Waals surface area contributed by atoms with Gasteiger partial charge in [0.05, 0.1) is 11.6 Å². The van der Waals surface area contributed by atoms with E-state index in [1.807, 2.05) is 44.2 Å². The summed E-state index contributed by atoms with van der Waals surface area (Å²) in [5.74, 6) is -1.00. The van der Waals surface area contributed by atoms with Crippen LogP contribution in [-0.4, -0.2) is 10.9 Å². The highest BCUT2D eigenvalue weighted by molar-refractivity contribution is 5.94. The molecule has 0 spiro atoms. The van der Waals surface area contributed by atoms with Crippen LogP contribution >= 0.6 is 0 Å². The van der Waals surface area contributed by atoms with Crippen LogP contribution < -0.4 is 5.32 Å². The standard InChI is InChI=1S/C16H17FN2O/c1-11(2)14(12-7-4-3-5-8-12)19-16(20)13-9-6-10-18-15(13)17/h3-11,14H,1-2H3,(H,19,20). The average molecular weight is 272 g/mol. The lowest BCUT2D eigenvalue weighted by Crippen LogP contribution is -2.32. The highest BCUT2D eigenvalue weighted by Gasteiger charge is 2.20. The first-order valence-corrected chi connectivity index (χ1v) is 6.56. The molecule has 0 saturated carbocycles. The van der Waals surface area contributed by atoms with Crippen molar-refractivity contribution in [1.82, 2.24) is 10.3 Å². The molecule has 4 heteroatoms. The van der Waals surface area contributed by atoms with Crippen LogP contribution in [0.3, 0.4) is 0 Å². The van der Waals surface area contributed by atoms with E-state index in [-0.39, 0.29) is 17.5 Å². The van der Waals surface area contributed by atoms with Gasteiger partial charge in [0, 0.05) is 6.20 Å². The number of aromatic nitrogens is 1. The number of rotatable bonds is 4. The van der Waals surface area contributed by atoms with Gasteiger partial charge in [-0.05, 0) is 23.6 Å². The molecule has 1 amide bonds. The maximum Gasteiger partial charge on any atom is 0.256 e. The van der Waals surface area contributed by atoms with E-state index in [1.54, 1.807) is 6.07 Å². The summed E-state index contributed by atoms with van der Waals surface area (Å²) >= 11 is 0. The number of halogens is 1. The summed E-state index contributed by atoms with van der Waals surface area (Å²) in [5, 5.41) is 2.87. The van der Waals surface area contributed by atoms with E-state index in [0.717, 1.165) is 5.56 Å². The van der Waals surface area contributed by atoms with Crippen LogP contribution in [0, 0.1) is 11.9 Å². The number of nitrogens with zero attached hydrogens (tertiary/aromatic N) is 1. The SMILES string of the molecule is CC(C)C(NC(=O)c1cccnc1F)c1ccccc1. The van der Waals surface area contributed by atoms with Crippen molar-refractivity contribution >= 4 is 5.91 Å². The first kappa shape index (κ1) is 14.2. The van der Waals surface area contributed by atoms with Gasteiger partial charge >= 0.3 is 0 Å². The molecule has 0 fully saturated rings. The summed E-state index contributed by atoms with van der Waals surface area (Å²) in [6.45, 7) is 4.02. The molecule has 1 aromatic carbocycles. The Morgan fingerprint density at radius 3 is 2.45 bits per heavy atom. The summed E-state index contributed by atoms with van der Waals surface area (Å²) < 4.78 is 13.5. The molecule has 0 radical (unpaired) electrons. The topological polar surface area (TPSA) is 42.0 Å². The van der Waals surface area contributed by atoms with E-state index in [9.17, 15) is 9.18 Å². The molecular weight excluding hydrogens is 255 g/mol. The van der Waals surface area contributed by atoms with Crippen LogP contribution in [0.1, 0.15) is 35.8 Å². The van der Waals surface area contributed by atoms with E-state index in [4.69, 9.17) is 0 Å². The molecule has 3 nitrogen and oxygen atoms in total. The molecule has 1 aromatic heterocycles. The second-order valence-corrected chi connectivity index (χ2v) is 4.95. The molecule has 20 heavy (non-hydrogen) atoms. The molecule has 2 rings (SSSR count). The average Bonchev–Trinajstić information content (AvgIpc) is 2.45. The van der Waals surface area contributed by atoms with Crippen LogP contribution in [0.25, 0.3) is 0 Å². The summed E-state index contributed by atoms with van der Waals surface area (Å²) in [4.78, 5) is 15.7. The molecular formula is C16H17FN2O. The number of carbonyl (C=O) groups is 1. The second kappa shape index (κ2) is 6.28. The molecule has 0 aliphatic rings. The second-order valence-electron chi connectivity index (χ2n) is 4.95. The number of carbonyl (C=O) groups excluding carboxylic acids is 1. The Balaban J connectivity index is 2.22. The van der Waals surface area contributed by atoms with E-state index >= 15 is 0 Å². The van der Waals surface area contributed by atoms with Gasteiger partial charge in [-0.1, -0.05) is 44.2 Å². The fourth-order valence-corrected chi connectivity index (χ4v) is 2.07. The maximum absolute atomic E-state index is 13.5. The highest BCUT2D eigenvalue weighted by atomic mass is 19.1. The molecule has 0 bridgehead atoms. The Kier molecular flexibility index (Phi) is 4.45. The lowest BCUT2D eigenvalue weighted by atomic mass is 9.96. The van der Waals surface area contributed by atoms with Gasteiger partial charge in [0.15, 0.2) is 0 Å². The number of nitrogens with one attached hydrogen (secondary N) is 1. The van der Waals surface area contributed by atoms with Crippen molar-refractivity contribution < 1.29 is 9.18 Å². The van der Waals surface area contributed by atoms with Crippen LogP contribution in [0.2, 0.25) is 0 Å². The van der Waals surface area contributed by atoms with Crippen molar-refractivity contribution in [3.8, 4) is 0 Å². The molecule has 1 unspecified atom stereocenters. The third kappa shape index (κ3) is 3.20. The van der Waals surface area contributed by atoms with Crippen molar-refractivity contribution in [2.75, 3.05) is 0 Å². The van der Waals surface area contributed by atoms with E-state index in [2.05, 4.69) is 10.3 Å². The smallest absolute Gasteiger partial charge is 0.256 e. The third-order valence-electron chi connectivity index (χ3n) is 3.12. The molecule has 1 N–H and O–H groups in total. The highest BCUT2D eigenvalue weighted by Crippen LogP contribution is 2.22. The number of pyridine rings is 1. The van der Waals surface area contributed by atoms with Crippen molar-refractivity contribution in [3.05, 3.63) is 65.7 Å². The minimum atomic E-state index is -0.749. The van der Waals surface area contributed by atoms with E-state index in [0.29, 0.717) is 0 Å². The van der Waals surface area contributed by atoms with Crippen molar-refractivity contribution in [2.24, 2.45) is 5.92 Å². The van der Waals surface area contributed by atoms with Crippen LogP contribution in [0.5, 0.6) is 0 Å².